The molecule has 1 heterocycles. The lowest BCUT2D eigenvalue weighted by Gasteiger charge is -2.12. The summed E-state index contributed by atoms with van der Waals surface area (Å²) >= 11 is 0. The molecule has 0 fully saturated rings. The van der Waals surface area contributed by atoms with Crippen molar-refractivity contribution in [1.82, 2.24) is 10.1 Å². The summed E-state index contributed by atoms with van der Waals surface area (Å²) in [6, 6.07) is 17.5. The first-order valence-corrected chi connectivity index (χ1v) is 10.3. The van der Waals surface area contributed by atoms with Crippen LogP contribution in [0.5, 0.6) is 23.0 Å². The average molecular weight is 461 g/mol. The van der Waals surface area contributed by atoms with Crippen molar-refractivity contribution in [2.75, 3.05) is 33.8 Å². The summed E-state index contributed by atoms with van der Waals surface area (Å²) in [7, 11) is 6.14. The van der Waals surface area contributed by atoms with Crippen molar-refractivity contribution in [3.8, 4) is 45.8 Å². The second kappa shape index (κ2) is 9.95. The Morgan fingerprint density at radius 2 is 1.59 bits per heavy atom. The average Bonchev–Trinajstić information content (AvgIpc) is 3.38. The number of nitrogens with zero attached hydrogens (tertiary/aromatic N) is 2. The van der Waals surface area contributed by atoms with E-state index in [1.807, 2.05) is 6.07 Å². The van der Waals surface area contributed by atoms with Crippen molar-refractivity contribution in [3.05, 3.63) is 66.2 Å². The van der Waals surface area contributed by atoms with Gasteiger partial charge < -0.3 is 28.8 Å². The molecular formula is C25H23N3O6. The number of rotatable bonds is 8. The van der Waals surface area contributed by atoms with E-state index < -0.39 is 0 Å². The number of para-hydroxylation sites is 1. The number of nitrogens with one attached hydrogen (secondary N) is 1. The number of aromatic nitrogens is 2. The van der Waals surface area contributed by atoms with Gasteiger partial charge >= 0.3 is 0 Å². The Morgan fingerprint density at radius 3 is 2.26 bits per heavy atom. The predicted molar refractivity (Wildman–Crippen MR) is 126 cm³/mol. The second-order valence-electron chi connectivity index (χ2n) is 7.07. The van der Waals surface area contributed by atoms with Crippen LogP contribution in [0.25, 0.3) is 22.8 Å². The Labute approximate surface area is 196 Å². The Kier molecular flexibility index (Phi) is 6.63. The SMILES string of the molecule is COc1cccc(C(=O)Nc2ccccc2-c2nc(-c3cc(OC)c(OC)c(OC)c3)no2)c1. The maximum atomic E-state index is 12.8. The summed E-state index contributed by atoms with van der Waals surface area (Å²) in [6.07, 6.45) is 0. The van der Waals surface area contributed by atoms with E-state index in [2.05, 4.69) is 15.5 Å². The van der Waals surface area contributed by atoms with Crippen molar-refractivity contribution >= 4 is 11.6 Å². The van der Waals surface area contributed by atoms with E-state index in [-0.39, 0.29) is 11.8 Å². The topological polar surface area (TPSA) is 105 Å². The first-order chi connectivity index (χ1) is 16.6. The summed E-state index contributed by atoms with van der Waals surface area (Å²) in [5.41, 5.74) is 2.17. The maximum absolute atomic E-state index is 12.8. The molecule has 4 rings (SSSR count). The maximum Gasteiger partial charge on any atom is 0.260 e. The molecule has 1 N–H and O–H groups in total. The Balaban J connectivity index is 1.66. The first kappa shape index (κ1) is 22.7. The largest absolute Gasteiger partial charge is 0.497 e. The number of anilines is 1. The van der Waals surface area contributed by atoms with Gasteiger partial charge in [-0.15, -0.1) is 0 Å². The highest BCUT2D eigenvalue weighted by Crippen LogP contribution is 2.41. The zero-order chi connectivity index (χ0) is 24.1. The summed E-state index contributed by atoms with van der Waals surface area (Å²) in [5.74, 6) is 2.25. The molecule has 0 aliphatic carbocycles. The number of carbonyl (C=O) groups is 1. The minimum absolute atomic E-state index is 0.241. The van der Waals surface area contributed by atoms with E-state index in [1.54, 1.807) is 61.7 Å². The Morgan fingerprint density at radius 1 is 0.853 bits per heavy atom. The number of ether oxygens (including phenoxy) is 4. The molecule has 34 heavy (non-hydrogen) atoms. The van der Waals surface area contributed by atoms with Gasteiger partial charge in [0.15, 0.2) is 11.5 Å². The van der Waals surface area contributed by atoms with Gasteiger partial charge in [-0.3, -0.25) is 4.79 Å². The van der Waals surface area contributed by atoms with Crippen molar-refractivity contribution in [3.63, 3.8) is 0 Å². The molecule has 0 aliphatic heterocycles. The van der Waals surface area contributed by atoms with Gasteiger partial charge in [0.25, 0.3) is 11.8 Å². The van der Waals surface area contributed by atoms with Crippen LogP contribution in [0.1, 0.15) is 10.4 Å². The lowest BCUT2D eigenvalue weighted by atomic mass is 10.1. The van der Waals surface area contributed by atoms with Crippen LogP contribution in [-0.4, -0.2) is 44.5 Å². The van der Waals surface area contributed by atoms with Crippen LogP contribution in [0.3, 0.4) is 0 Å². The third-order valence-corrected chi connectivity index (χ3v) is 5.09. The van der Waals surface area contributed by atoms with Gasteiger partial charge in [0.05, 0.1) is 39.7 Å². The third kappa shape index (κ3) is 4.49. The van der Waals surface area contributed by atoms with E-state index in [0.717, 1.165) is 0 Å². The normalized spacial score (nSPS) is 10.5. The van der Waals surface area contributed by atoms with E-state index >= 15 is 0 Å². The first-order valence-electron chi connectivity index (χ1n) is 10.3. The number of hydrogen-bond donors (Lipinski definition) is 1. The van der Waals surface area contributed by atoms with Crippen LogP contribution in [0.2, 0.25) is 0 Å². The van der Waals surface area contributed by atoms with Crippen molar-refractivity contribution in [1.29, 1.82) is 0 Å². The molecule has 1 amide bonds. The van der Waals surface area contributed by atoms with Gasteiger partial charge in [-0.1, -0.05) is 23.4 Å². The van der Waals surface area contributed by atoms with E-state index in [0.29, 0.717) is 51.2 Å². The molecule has 0 atom stereocenters. The smallest absolute Gasteiger partial charge is 0.260 e. The fraction of sp³-hybridized carbons (Fsp3) is 0.160. The molecule has 0 spiro atoms. The van der Waals surface area contributed by atoms with Gasteiger partial charge in [-0.05, 0) is 42.5 Å². The zero-order valence-electron chi connectivity index (χ0n) is 19.1. The number of benzene rings is 3. The van der Waals surface area contributed by atoms with Gasteiger partial charge in [-0.25, -0.2) is 0 Å². The van der Waals surface area contributed by atoms with Crippen molar-refractivity contribution in [2.45, 2.75) is 0 Å². The van der Waals surface area contributed by atoms with Crippen molar-refractivity contribution in [2.24, 2.45) is 0 Å². The molecule has 174 valence electrons. The fourth-order valence-corrected chi connectivity index (χ4v) is 3.40. The Bertz CT molecular complexity index is 1290. The summed E-state index contributed by atoms with van der Waals surface area (Å²) in [4.78, 5) is 17.3. The highest BCUT2D eigenvalue weighted by molar-refractivity contribution is 6.06. The number of methoxy groups -OCH3 is 4. The lowest BCUT2D eigenvalue weighted by molar-refractivity contribution is 0.102. The monoisotopic (exact) mass is 461 g/mol. The van der Waals surface area contributed by atoms with Crippen LogP contribution >= 0.6 is 0 Å². The minimum atomic E-state index is -0.296. The van der Waals surface area contributed by atoms with Crippen LogP contribution in [0, 0.1) is 0 Å². The summed E-state index contributed by atoms with van der Waals surface area (Å²) in [5, 5.41) is 7.00. The molecule has 9 heteroatoms. The molecule has 0 saturated heterocycles. The van der Waals surface area contributed by atoms with Crippen LogP contribution < -0.4 is 24.3 Å². The molecule has 4 aromatic rings. The lowest BCUT2D eigenvalue weighted by Crippen LogP contribution is -2.12. The third-order valence-electron chi connectivity index (χ3n) is 5.09. The van der Waals surface area contributed by atoms with Crippen molar-refractivity contribution < 1.29 is 28.3 Å². The molecule has 0 aliphatic rings. The highest BCUT2D eigenvalue weighted by atomic mass is 16.5. The van der Waals surface area contributed by atoms with E-state index in [1.165, 1.54) is 21.3 Å². The van der Waals surface area contributed by atoms with Crippen LogP contribution in [0.4, 0.5) is 5.69 Å². The van der Waals surface area contributed by atoms with Crippen LogP contribution in [0.15, 0.2) is 65.2 Å². The highest BCUT2D eigenvalue weighted by Gasteiger charge is 2.19. The minimum Gasteiger partial charge on any atom is -0.497 e. The zero-order valence-corrected chi connectivity index (χ0v) is 19.1. The Hall–Kier alpha value is -4.53. The standard InChI is InChI=1S/C25H23N3O6/c1-30-17-9-7-8-15(12-17)24(29)26-19-11-6-5-10-18(19)25-27-23(28-34-25)16-13-20(31-2)22(33-4)21(14-16)32-3/h5-14H,1-4H3,(H,26,29). The quantitative estimate of drug-likeness (QED) is 0.403. The molecule has 0 saturated carbocycles. The van der Waals surface area contributed by atoms with Gasteiger partial charge in [0.2, 0.25) is 11.6 Å². The summed E-state index contributed by atoms with van der Waals surface area (Å²) in [6.45, 7) is 0. The molecular weight excluding hydrogens is 438 g/mol. The summed E-state index contributed by atoms with van der Waals surface area (Å²) < 4.78 is 26.9. The molecule has 0 radical (unpaired) electrons. The number of hydrogen-bond acceptors (Lipinski definition) is 8. The van der Waals surface area contributed by atoms with Gasteiger partial charge in [0, 0.05) is 11.1 Å². The second-order valence-corrected chi connectivity index (χ2v) is 7.07. The van der Waals surface area contributed by atoms with Crippen LogP contribution in [-0.2, 0) is 0 Å². The predicted octanol–water partition coefficient (Wildman–Crippen LogP) is 4.69. The van der Waals surface area contributed by atoms with E-state index in [9.17, 15) is 4.79 Å². The van der Waals surface area contributed by atoms with E-state index in [4.69, 9.17) is 23.5 Å². The molecule has 3 aromatic carbocycles. The number of amides is 1. The number of carbonyl (C=O) groups excluding carboxylic acids is 1. The van der Waals surface area contributed by atoms with Gasteiger partial charge in [-0.2, -0.15) is 4.98 Å². The molecule has 1 aromatic heterocycles. The van der Waals surface area contributed by atoms with Gasteiger partial charge in [0.1, 0.15) is 5.75 Å². The fourth-order valence-electron chi connectivity index (χ4n) is 3.40. The molecule has 0 bridgehead atoms. The molecule has 9 nitrogen and oxygen atoms in total. The molecule has 0 unspecified atom stereocenters.